The molecule has 0 rings (SSSR count). The van der Waals surface area contributed by atoms with Gasteiger partial charge in [-0.3, -0.25) is 0 Å². The normalized spacial score (nSPS) is 12.6. The Morgan fingerprint density at radius 2 is 1.77 bits per heavy atom. The number of ether oxygens (including phenoxy) is 1. The highest BCUT2D eigenvalue weighted by molar-refractivity contribution is 5.87. The van der Waals surface area contributed by atoms with Crippen molar-refractivity contribution in [2.45, 2.75) is 33.3 Å². The van der Waals surface area contributed by atoms with Crippen LogP contribution in [0.5, 0.6) is 0 Å². The van der Waals surface area contributed by atoms with Gasteiger partial charge in [0.25, 0.3) is 0 Å². The van der Waals surface area contributed by atoms with Gasteiger partial charge in [0, 0.05) is 25.9 Å². The Kier molecular flexibility index (Phi) is 3.98. The van der Waals surface area contributed by atoms with Crippen molar-refractivity contribution in [2.75, 3.05) is 14.1 Å². The Morgan fingerprint density at radius 3 is 2.08 bits per heavy atom. The van der Waals surface area contributed by atoms with Crippen LogP contribution >= 0.6 is 0 Å². The summed E-state index contributed by atoms with van der Waals surface area (Å²) in [4.78, 5) is 13.2. The molecule has 0 aliphatic rings. The van der Waals surface area contributed by atoms with Gasteiger partial charge >= 0.3 is 5.97 Å². The van der Waals surface area contributed by atoms with Gasteiger partial charge < -0.3 is 9.64 Å². The van der Waals surface area contributed by atoms with Gasteiger partial charge in [0.15, 0.2) is 0 Å². The number of hydrogen-bond donors (Lipinski definition) is 0. The van der Waals surface area contributed by atoms with E-state index < -0.39 is 5.60 Å². The molecule has 0 aromatic carbocycles. The van der Waals surface area contributed by atoms with Crippen LogP contribution in [0.3, 0.4) is 0 Å². The van der Waals surface area contributed by atoms with E-state index >= 15 is 0 Å². The summed E-state index contributed by atoms with van der Waals surface area (Å²) in [6.07, 6.45) is 1.74. The highest BCUT2D eigenvalue weighted by atomic mass is 16.6. The van der Waals surface area contributed by atoms with E-state index in [0.717, 1.165) is 0 Å². The summed E-state index contributed by atoms with van der Waals surface area (Å²) in [6, 6.07) is 0. The van der Waals surface area contributed by atoms with Crippen LogP contribution in [0.4, 0.5) is 0 Å². The average Bonchev–Trinajstić information content (AvgIpc) is 1.81. The van der Waals surface area contributed by atoms with Crippen molar-refractivity contribution >= 4 is 5.97 Å². The second-order valence-corrected chi connectivity index (χ2v) is 4.28. The summed E-state index contributed by atoms with van der Waals surface area (Å²) < 4.78 is 5.17. The predicted molar refractivity (Wildman–Crippen MR) is 53.3 cm³/mol. The molecule has 0 N–H and O–H groups in total. The van der Waals surface area contributed by atoms with Crippen LogP contribution in [-0.4, -0.2) is 30.6 Å². The maximum atomic E-state index is 11.4. The van der Waals surface area contributed by atoms with Crippen LogP contribution in [0.15, 0.2) is 11.8 Å². The van der Waals surface area contributed by atoms with Gasteiger partial charge in [-0.1, -0.05) is 0 Å². The summed E-state index contributed by atoms with van der Waals surface area (Å²) in [7, 11) is 3.74. The topological polar surface area (TPSA) is 29.5 Å². The fourth-order valence-electron chi connectivity index (χ4n) is 0.799. The molecule has 0 amide bonds. The summed E-state index contributed by atoms with van der Waals surface area (Å²) in [5, 5.41) is 0. The van der Waals surface area contributed by atoms with Gasteiger partial charge in [-0.25, -0.2) is 4.79 Å². The van der Waals surface area contributed by atoms with Crippen molar-refractivity contribution in [3.8, 4) is 0 Å². The molecule has 0 bridgehead atoms. The summed E-state index contributed by atoms with van der Waals surface area (Å²) in [5.41, 5.74) is 0.193. The lowest BCUT2D eigenvalue weighted by molar-refractivity contribution is -0.149. The fraction of sp³-hybridized carbons (Fsp3) is 0.700. The SMILES string of the molecule is C/C(=C\N(C)C)C(=O)OC(C)(C)C. The number of hydrogen-bond acceptors (Lipinski definition) is 3. The zero-order chi connectivity index (χ0) is 10.6. The highest BCUT2D eigenvalue weighted by Crippen LogP contribution is 2.10. The monoisotopic (exact) mass is 185 g/mol. The zero-order valence-electron chi connectivity index (χ0n) is 9.34. The van der Waals surface area contributed by atoms with Crippen LogP contribution in [0, 0.1) is 0 Å². The second kappa shape index (κ2) is 4.30. The Morgan fingerprint density at radius 1 is 1.31 bits per heavy atom. The lowest BCUT2D eigenvalue weighted by Crippen LogP contribution is -2.24. The number of carbonyl (C=O) groups is 1. The van der Waals surface area contributed by atoms with Crippen molar-refractivity contribution in [3.63, 3.8) is 0 Å². The molecule has 76 valence electrons. The number of esters is 1. The molecule has 0 fully saturated rings. The lowest BCUT2D eigenvalue weighted by atomic mass is 10.2. The van der Waals surface area contributed by atoms with Gasteiger partial charge in [0.05, 0.1) is 0 Å². The van der Waals surface area contributed by atoms with Crippen LogP contribution < -0.4 is 0 Å². The van der Waals surface area contributed by atoms with Gasteiger partial charge in [-0.05, 0) is 27.7 Å². The molecule has 0 atom stereocenters. The van der Waals surface area contributed by atoms with Crippen molar-refractivity contribution in [1.82, 2.24) is 4.90 Å². The third kappa shape index (κ3) is 6.20. The molecule has 0 radical (unpaired) electrons. The van der Waals surface area contributed by atoms with Gasteiger partial charge in [0.1, 0.15) is 5.60 Å². The molecule has 0 saturated heterocycles. The zero-order valence-corrected chi connectivity index (χ0v) is 9.34. The smallest absolute Gasteiger partial charge is 0.335 e. The second-order valence-electron chi connectivity index (χ2n) is 4.28. The minimum absolute atomic E-state index is 0.263. The number of carbonyl (C=O) groups excluding carboxylic acids is 1. The standard InChI is InChI=1S/C10H19NO2/c1-8(7-11(5)6)9(12)13-10(2,3)4/h7H,1-6H3/b8-7+. The van der Waals surface area contributed by atoms with Crippen molar-refractivity contribution in [3.05, 3.63) is 11.8 Å². The van der Waals surface area contributed by atoms with Crippen molar-refractivity contribution in [2.24, 2.45) is 0 Å². The van der Waals surface area contributed by atoms with E-state index in [-0.39, 0.29) is 5.97 Å². The molecule has 0 saturated carbocycles. The van der Waals surface area contributed by atoms with Crippen molar-refractivity contribution in [1.29, 1.82) is 0 Å². The molecule has 0 spiro atoms. The Bertz CT molecular complexity index is 211. The van der Waals surface area contributed by atoms with E-state index in [1.165, 1.54) is 0 Å². The number of rotatable bonds is 2. The first kappa shape index (κ1) is 12.0. The van der Waals surface area contributed by atoms with E-state index in [2.05, 4.69) is 0 Å². The third-order valence-electron chi connectivity index (χ3n) is 1.17. The lowest BCUT2D eigenvalue weighted by Gasteiger charge is -2.20. The molecule has 0 aromatic heterocycles. The molecule has 0 aliphatic heterocycles. The third-order valence-corrected chi connectivity index (χ3v) is 1.17. The average molecular weight is 185 g/mol. The minimum Gasteiger partial charge on any atom is -0.457 e. The quantitative estimate of drug-likeness (QED) is 0.485. The molecule has 0 unspecified atom stereocenters. The van der Waals surface area contributed by atoms with E-state index in [4.69, 9.17) is 4.74 Å². The van der Waals surface area contributed by atoms with E-state index in [9.17, 15) is 4.79 Å². The van der Waals surface area contributed by atoms with Crippen LogP contribution in [0.2, 0.25) is 0 Å². The molecule has 3 heteroatoms. The molecule has 0 heterocycles. The first-order valence-corrected chi connectivity index (χ1v) is 4.30. The fourth-order valence-corrected chi connectivity index (χ4v) is 0.799. The summed E-state index contributed by atoms with van der Waals surface area (Å²) in [6.45, 7) is 7.31. The van der Waals surface area contributed by atoms with Crippen LogP contribution in [-0.2, 0) is 9.53 Å². The Balaban J connectivity index is 4.29. The molecular formula is C10H19NO2. The van der Waals surface area contributed by atoms with Gasteiger partial charge in [-0.15, -0.1) is 0 Å². The predicted octanol–water partition coefficient (Wildman–Crippen LogP) is 1.79. The Hall–Kier alpha value is -0.990. The Labute approximate surface area is 80.4 Å². The molecular weight excluding hydrogens is 166 g/mol. The van der Waals surface area contributed by atoms with E-state index in [1.54, 1.807) is 13.1 Å². The largest absolute Gasteiger partial charge is 0.457 e. The van der Waals surface area contributed by atoms with E-state index in [1.807, 2.05) is 39.8 Å². The maximum absolute atomic E-state index is 11.4. The van der Waals surface area contributed by atoms with Crippen LogP contribution in [0.25, 0.3) is 0 Å². The molecule has 13 heavy (non-hydrogen) atoms. The molecule has 0 aromatic rings. The first-order chi connectivity index (χ1) is 5.72. The van der Waals surface area contributed by atoms with Gasteiger partial charge in [0.2, 0.25) is 0 Å². The molecule has 0 aliphatic carbocycles. The van der Waals surface area contributed by atoms with Crippen LogP contribution in [0.1, 0.15) is 27.7 Å². The summed E-state index contributed by atoms with van der Waals surface area (Å²) in [5.74, 6) is -0.263. The maximum Gasteiger partial charge on any atom is 0.335 e. The van der Waals surface area contributed by atoms with Crippen molar-refractivity contribution < 1.29 is 9.53 Å². The summed E-state index contributed by atoms with van der Waals surface area (Å²) >= 11 is 0. The first-order valence-electron chi connectivity index (χ1n) is 4.30. The van der Waals surface area contributed by atoms with E-state index in [0.29, 0.717) is 5.57 Å². The van der Waals surface area contributed by atoms with Gasteiger partial charge in [-0.2, -0.15) is 0 Å². The highest BCUT2D eigenvalue weighted by Gasteiger charge is 2.17. The molecule has 3 nitrogen and oxygen atoms in total. The minimum atomic E-state index is -0.418. The number of nitrogens with zero attached hydrogens (tertiary/aromatic N) is 1.